The first-order chi connectivity index (χ1) is 5.83. The van der Waals surface area contributed by atoms with Crippen molar-refractivity contribution in [1.29, 1.82) is 0 Å². The van der Waals surface area contributed by atoms with Crippen molar-refractivity contribution in [1.82, 2.24) is 0 Å². The summed E-state index contributed by atoms with van der Waals surface area (Å²) in [5.74, 6) is 0. The fourth-order valence-corrected chi connectivity index (χ4v) is 0. The fraction of sp³-hybridized carbons (Fsp3) is 0.250. The van der Waals surface area contributed by atoms with Gasteiger partial charge in [0.25, 0.3) is 0 Å². The third-order valence-corrected chi connectivity index (χ3v) is 0.471. The Morgan fingerprint density at radius 1 is 0.833 bits per heavy atom. The van der Waals surface area contributed by atoms with Gasteiger partial charge in [-0.15, -0.1) is 13.8 Å². The standard InChI is InChI=1S/2C4H7.2ClH.2Pd/c2*1-3-4-2;;;;/h2*3-4H,1H2,2H3;2*1H;;/q2*-1;;;2*+2/p-2/b2*4-3+;;;;. The molecule has 0 unspecified atom stereocenters. The first kappa shape index (κ1) is 23.2. The Morgan fingerprint density at radius 2 is 0.917 bits per heavy atom. The molecule has 12 heavy (non-hydrogen) atoms. The summed E-state index contributed by atoms with van der Waals surface area (Å²) in [6.45, 7) is 10.7. The molecule has 0 atom stereocenters. The molecule has 0 aliphatic carbocycles. The van der Waals surface area contributed by atoms with Crippen LogP contribution in [0.25, 0.3) is 0 Å². The Balaban J connectivity index is -0.0000000380. The van der Waals surface area contributed by atoms with Crippen LogP contribution in [0.5, 0.6) is 0 Å². The Kier molecular flexibility index (Phi) is 110. The molecule has 0 aromatic carbocycles. The predicted molar refractivity (Wildman–Crippen MR) is 52.0 cm³/mol. The van der Waals surface area contributed by atoms with E-state index in [9.17, 15) is 0 Å². The minimum atomic E-state index is 1.75. The zero-order valence-electron chi connectivity index (χ0n) is 7.11. The van der Waals surface area contributed by atoms with Gasteiger partial charge in [-0.3, -0.25) is 0 Å². The normalized spacial score (nSPS) is 7.33. The van der Waals surface area contributed by atoms with Crippen LogP contribution in [0.4, 0.5) is 0 Å². The summed E-state index contributed by atoms with van der Waals surface area (Å²) in [4.78, 5) is 0. The van der Waals surface area contributed by atoms with Gasteiger partial charge in [-0.05, 0) is 0 Å². The van der Waals surface area contributed by atoms with Crippen LogP contribution in [0, 0.1) is 13.8 Å². The molecule has 0 aromatic heterocycles. The predicted octanol–water partition coefficient (Wildman–Crippen LogP) is 4.17. The van der Waals surface area contributed by atoms with E-state index in [-0.39, 0.29) is 0 Å². The summed E-state index contributed by atoms with van der Waals surface area (Å²) in [7, 11) is 8.98. The van der Waals surface area contributed by atoms with Gasteiger partial charge in [0, 0.05) is 0 Å². The van der Waals surface area contributed by atoms with Gasteiger partial charge in [0.05, 0.1) is 0 Å². The molecular weight excluding hydrogens is 380 g/mol. The summed E-state index contributed by atoms with van der Waals surface area (Å²) >= 11 is 4.44. The van der Waals surface area contributed by atoms with Gasteiger partial charge in [0.1, 0.15) is 0 Å². The zero-order chi connectivity index (χ0) is 10.8. The van der Waals surface area contributed by atoms with Crippen LogP contribution in [0.2, 0.25) is 0 Å². The van der Waals surface area contributed by atoms with Gasteiger partial charge in [0.2, 0.25) is 0 Å². The second-order valence-corrected chi connectivity index (χ2v) is 1.14. The summed E-state index contributed by atoms with van der Waals surface area (Å²) in [6.07, 6.45) is 7.28. The van der Waals surface area contributed by atoms with Crippen molar-refractivity contribution in [3.05, 3.63) is 38.2 Å². The molecule has 0 saturated heterocycles. The Hall–Kier alpha value is 1.12. The molecule has 0 radical (unpaired) electrons. The number of halogens is 2. The molecule has 0 nitrogen and oxygen atoms in total. The third kappa shape index (κ3) is 117. The van der Waals surface area contributed by atoms with Crippen LogP contribution in [-0.4, -0.2) is 0 Å². The molecule has 4 heteroatoms. The van der Waals surface area contributed by atoms with E-state index < -0.39 is 0 Å². The van der Waals surface area contributed by atoms with Crippen LogP contribution < -0.4 is 0 Å². The zero-order valence-corrected chi connectivity index (χ0v) is 11.7. The topological polar surface area (TPSA) is 0 Å². The monoisotopic (exact) mass is 392 g/mol. The summed E-state index contributed by atoms with van der Waals surface area (Å²) in [5, 5.41) is 0. The van der Waals surface area contributed by atoms with Gasteiger partial charge < -0.3 is 0 Å². The maximum atomic E-state index is 4.49. The molecular formula is C8H14Cl2Pd2. The van der Waals surface area contributed by atoms with E-state index in [1.165, 1.54) is 0 Å². The Morgan fingerprint density at radius 3 is 0.917 bits per heavy atom. The van der Waals surface area contributed by atoms with Gasteiger partial charge in [-0.2, -0.15) is 0 Å². The van der Waals surface area contributed by atoms with Crippen molar-refractivity contribution < 1.29 is 36.4 Å². The van der Waals surface area contributed by atoms with Gasteiger partial charge >= 0.3 is 55.4 Å². The number of allylic oxidation sites excluding steroid dienone is 4. The van der Waals surface area contributed by atoms with Crippen LogP contribution in [0.3, 0.4) is 0 Å². The Labute approximate surface area is 107 Å². The van der Waals surface area contributed by atoms with Crippen LogP contribution in [0.1, 0.15) is 13.8 Å². The molecule has 0 amide bonds. The summed E-state index contributed by atoms with van der Waals surface area (Å²) in [5.41, 5.74) is 0. The van der Waals surface area contributed by atoms with Crippen LogP contribution in [-0.2, 0) is 36.4 Å². The molecule has 0 heterocycles. The maximum absolute atomic E-state index is 4.49. The first-order valence-electron chi connectivity index (χ1n) is 2.88. The van der Waals surface area contributed by atoms with E-state index >= 15 is 0 Å². The third-order valence-electron chi connectivity index (χ3n) is 0.471. The number of hydrogen-bond acceptors (Lipinski definition) is 0. The van der Waals surface area contributed by atoms with Crippen LogP contribution >= 0.6 is 19.1 Å². The average molecular weight is 394 g/mol. The van der Waals surface area contributed by atoms with Crippen molar-refractivity contribution in [3.8, 4) is 0 Å². The van der Waals surface area contributed by atoms with Gasteiger partial charge in [0.15, 0.2) is 0 Å². The number of rotatable bonds is 0. The molecule has 0 fully saturated rings. The van der Waals surface area contributed by atoms with E-state index in [0.29, 0.717) is 0 Å². The Bertz CT molecular complexity index is 55.5. The van der Waals surface area contributed by atoms with Crippen molar-refractivity contribution >= 4 is 19.1 Å². The molecule has 0 bridgehead atoms. The molecule has 0 aliphatic rings. The molecule has 0 saturated carbocycles. The van der Waals surface area contributed by atoms with Gasteiger partial charge in [-0.1, -0.05) is 0 Å². The quantitative estimate of drug-likeness (QED) is 0.428. The van der Waals surface area contributed by atoms with Crippen molar-refractivity contribution in [2.45, 2.75) is 13.8 Å². The second-order valence-electron chi connectivity index (χ2n) is 1.14. The number of hydrogen-bond donors (Lipinski definition) is 0. The molecule has 0 aliphatic heterocycles. The molecule has 0 rings (SSSR count). The van der Waals surface area contributed by atoms with E-state index in [1.54, 1.807) is 12.2 Å². The minimum absolute atomic E-state index is 1.75. The second kappa shape index (κ2) is 57.1. The van der Waals surface area contributed by atoms with Crippen molar-refractivity contribution in [3.63, 3.8) is 0 Å². The van der Waals surface area contributed by atoms with Gasteiger partial charge in [-0.25, -0.2) is 38.2 Å². The van der Waals surface area contributed by atoms with E-state index in [1.807, 2.05) is 26.0 Å². The summed E-state index contributed by atoms with van der Waals surface area (Å²) < 4.78 is 0. The van der Waals surface area contributed by atoms with E-state index in [4.69, 9.17) is 0 Å². The van der Waals surface area contributed by atoms with E-state index in [0.717, 1.165) is 0 Å². The first-order valence-corrected chi connectivity index (χ1v) is 6.88. The molecule has 0 aromatic rings. The molecule has 80 valence electrons. The van der Waals surface area contributed by atoms with Crippen molar-refractivity contribution in [2.24, 2.45) is 0 Å². The fourth-order valence-electron chi connectivity index (χ4n) is 0. The summed E-state index contributed by atoms with van der Waals surface area (Å²) in [6, 6.07) is 0. The average Bonchev–Trinajstić information content (AvgIpc) is 2.23. The van der Waals surface area contributed by atoms with E-state index in [2.05, 4.69) is 69.3 Å². The SMILES string of the molecule is [CH2-]/C=C/C.[CH2-]/C=C/C.[Cl][Pd+].[Cl][Pd+]. The molecule has 0 spiro atoms. The molecule has 0 N–H and O–H groups in total. The van der Waals surface area contributed by atoms with Crippen LogP contribution in [0.15, 0.2) is 24.3 Å². The van der Waals surface area contributed by atoms with Crippen molar-refractivity contribution in [2.75, 3.05) is 0 Å².